The lowest BCUT2D eigenvalue weighted by Crippen LogP contribution is -2.21. The Bertz CT molecular complexity index is 645. The van der Waals surface area contributed by atoms with Crippen LogP contribution in [0.1, 0.15) is 10.4 Å². The van der Waals surface area contributed by atoms with Crippen LogP contribution >= 0.6 is 0 Å². The van der Waals surface area contributed by atoms with Crippen LogP contribution in [0.4, 0.5) is 0 Å². The van der Waals surface area contributed by atoms with Gasteiger partial charge in [0.05, 0.1) is 7.11 Å². The first-order valence-electron chi connectivity index (χ1n) is 4.75. The number of nitrogens with zero attached hydrogens (tertiary/aromatic N) is 1. The van der Waals surface area contributed by atoms with Crippen LogP contribution in [0.3, 0.4) is 0 Å². The molecule has 0 aliphatic carbocycles. The van der Waals surface area contributed by atoms with Gasteiger partial charge in [0, 0.05) is 5.39 Å². The average molecular weight is 234 g/mol. The molecule has 0 unspecified atom stereocenters. The van der Waals surface area contributed by atoms with E-state index in [1.54, 1.807) is 18.2 Å². The van der Waals surface area contributed by atoms with Crippen LogP contribution in [0.25, 0.3) is 11.0 Å². The van der Waals surface area contributed by atoms with E-state index in [0.29, 0.717) is 16.7 Å². The van der Waals surface area contributed by atoms with Crippen molar-refractivity contribution < 1.29 is 19.2 Å². The Kier molecular flexibility index (Phi) is 2.70. The molecular formula is C11H10N2O4. The lowest BCUT2D eigenvalue weighted by atomic mass is 10.1. The predicted octanol–water partition coefficient (Wildman–Crippen LogP) is 0.830. The molecular weight excluding hydrogens is 224 g/mol. The second-order valence-electron chi connectivity index (χ2n) is 3.33. The summed E-state index contributed by atoms with van der Waals surface area (Å²) in [5.41, 5.74) is 5.41. The summed E-state index contributed by atoms with van der Waals surface area (Å²) in [5.74, 6) is -0.108. The summed E-state index contributed by atoms with van der Waals surface area (Å²) in [5, 5.41) is 12.2. The molecule has 1 aromatic carbocycles. The van der Waals surface area contributed by atoms with Gasteiger partial charge in [-0.1, -0.05) is 0 Å². The molecule has 0 aliphatic heterocycles. The zero-order chi connectivity index (χ0) is 12.4. The first-order chi connectivity index (χ1) is 8.15. The van der Waals surface area contributed by atoms with E-state index in [2.05, 4.69) is 5.16 Å². The molecule has 6 heteroatoms. The summed E-state index contributed by atoms with van der Waals surface area (Å²) in [4.78, 5) is 11.1. The van der Waals surface area contributed by atoms with Crippen molar-refractivity contribution in [2.45, 2.75) is 0 Å². The van der Waals surface area contributed by atoms with E-state index in [1.807, 2.05) is 0 Å². The maximum absolute atomic E-state index is 11.1. The molecule has 0 aliphatic rings. The summed E-state index contributed by atoms with van der Waals surface area (Å²) >= 11 is 0. The van der Waals surface area contributed by atoms with E-state index in [9.17, 15) is 4.79 Å². The average Bonchev–Trinajstić information content (AvgIpc) is 2.36. The van der Waals surface area contributed by atoms with Crippen molar-refractivity contribution in [2.24, 2.45) is 10.9 Å². The summed E-state index contributed by atoms with van der Waals surface area (Å²) in [6, 6.07) is 6.51. The maximum Gasteiger partial charge on any atom is 0.268 e. The number of carbonyl (C=O) groups excluding carboxylic acids is 1. The number of ether oxygens (including phenoxy) is 1. The molecule has 1 amide bonds. The number of carbonyl (C=O) groups is 1. The number of benzene rings is 1. The van der Waals surface area contributed by atoms with Crippen LogP contribution in [-0.4, -0.2) is 18.2 Å². The van der Waals surface area contributed by atoms with Crippen molar-refractivity contribution >= 4 is 16.9 Å². The van der Waals surface area contributed by atoms with Gasteiger partial charge in [0.1, 0.15) is 16.9 Å². The highest BCUT2D eigenvalue weighted by Gasteiger charge is 2.09. The second kappa shape index (κ2) is 4.17. The van der Waals surface area contributed by atoms with Gasteiger partial charge >= 0.3 is 0 Å². The molecule has 0 saturated heterocycles. The fraction of sp³-hybridized carbons (Fsp3) is 0.0909. The van der Waals surface area contributed by atoms with Crippen LogP contribution in [-0.2, 0) is 0 Å². The van der Waals surface area contributed by atoms with Crippen molar-refractivity contribution in [3.8, 4) is 5.75 Å². The highest BCUT2D eigenvalue weighted by atomic mass is 16.5. The number of primary amides is 1. The number of rotatable bonds is 2. The molecule has 0 spiro atoms. The topological polar surface area (TPSA) is 98.1 Å². The van der Waals surface area contributed by atoms with Gasteiger partial charge in [-0.15, -0.1) is 0 Å². The van der Waals surface area contributed by atoms with E-state index in [-0.39, 0.29) is 11.1 Å². The van der Waals surface area contributed by atoms with Crippen LogP contribution in [0.2, 0.25) is 0 Å². The van der Waals surface area contributed by atoms with Gasteiger partial charge in [0.15, 0.2) is 0 Å². The minimum Gasteiger partial charge on any atom is -0.497 e. The number of hydrogen-bond donors (Lipinski definition) is 2. The Labute approximate surface area is 95.9 Å². The van der Waals surface area contributed by atoms with Crippen molar-refractivity contribution in [1.82, 2.24) is 0 Å². The highest BCUT2D eigenvalue weighted by Crippen LogP contribution is 2.20. The van der Waals surface area contributed by atoms with Crippen LogP contribution in [0.15, 0.2) is 33.8 Å². The molecule has 0 atom stereocenters. The molecule has 2 rings (SSSR count). The number of methoxy groups -OCH3 is 1. The zero-order valence-corrected chi connectivity index (χ0v) is 9.01. The monoisotopic (exact) mass is 234 g/mol. The fourth-order valence-electron chi connectivity index (χ4n) is 1.49. The standard InChI is InChI=1S/C11H10N2O4/c1-16-7-2-3-9-6(4-7)5-8(10(12)14)11(13-15)17-9/h2-5,15H,1H3,(H2,12,14). The summed E-state index contributed by atoms with van der Waals surface area (Å²) in [7, 11) is 1.53. The number of fused-ring (bicyclic) bond motifs is 1. The van der Waals surface area contributed by atoms with Crippen molar-refractivity contribution in [3.63, 3.8) is 0 Å². The lowest BCUT2D eigenvalue weighted by molar-refractivity contribution is 0.0994. The van der Waals surface area contributed by atoms with Crippen molar-refractivity contribution in [1.29, 1.82) is 0 Å². The lowest BCUT2D eigenvalue weighted by Gasteiger charge is -2.03. The maximum atomic E-state index is 11.1. The van der Waals surface area contributed by atoms with Gasteiger partial charge < -0.3 is 20.1 Å². The Balaban J connectivity index is 2.79. The van der Waals surface area contributed by atoms with Crippen LogP contribution < -0.4 is 16.0 Å². The third kappa shape index (κ3) is 1.92. The predicted molar refractivity (Wildman–Crippen MR) is 58.6 cm³/mol. The van der Waals surface area contributed by atoms with Gasteiger partial charge in [0.2, 0.25) is 0 Å². The minimum atomic E-state index is -0.730. The quantitative estimate of drug-likeness (QED) is 0.594. The second-order valence-corrected chi connectivity index (χ2v) is 3.33. The molecule has 0 radical (unpaired) electrons. The molecule has 1 aromatic heterocycles. The normalized spacial score (nSPS) is 11.7. The van der Waals surface area contributed by atoms with Crippen molar-refractivity contribution in [2.75, 3.05) is 7.11 Å². The SMILES string of the molecule is COc1ccc2oc(=NO)c(C(N)=O)cc2c1. The third-order valence-electron chi connectivity index (χ3n) is 2.31. The first-order valence-corrected chi connectivity index (χ1v) is 4.75. The van der Waals surface area contributed by atoms with Gasteiger partial charge in [-0.2, -0.15) is 0 Å². The Morgan fingerprint density at radius 2 is 2.24 bits per heavy atom. The van der Waals surface area contributed by atoms with Gasteiger partial charge in [-0.25, -0.2) is 0 Å². The zero-order valence-electron chi connectivity index (χ0n) is 9.01. The molecule has 1 heterocycles. The molecule has 6 nitrogen and oxygen atoms in total. The Morgan fingerprint density at radius 1 is 1.47 bits per heavy atom. The molecule has 17 heavy (non-hydrogen) atoms. The molecule has 3 N–H and O–H groups in total. The van der Waals surface area contributed by atoms with Crippen LogP contribution in [0, 0.1) is 0 Å². The smallest absolute Gasteiger partial charge is 0.268 e. The van der Waals surface area contributed by atoms with Gasteiger partial charge in [0.25, 0.3) is 11.5 Å². The van der Waals surface area contributed by atoms with E-state index in [0.717, 1.165) is 0 Å². The molecule has 0 bridgehead atoms. The number of nitrogens with two attached hydrogens (primary N) is 1. The highest BCUT2D eigenvalue weighted by molar-refractivity contribution is 5.95. The summed E-state index contributed by atoms with van der Waals surface area (Å²) < 4.78 is 10.3. The molecule has 0 fully saturated rings. The number of amides is 1. The van der Waals surface area contributed by atoms with E-state index >= 15 is 0 Å². The molecule has 2 aromatic rings. The van der Waals surface area contributed by atoms with E-state index < -0.39 is 5.91 Å². The van der Waals surface area contributed by atoms with Gasteiger partial charge in [-0.05, 0) is 29.4 Å². The first kappa shape index (κ1) is 11.0. The number of hydrogen-bond acceptors (Lipinski definition) is 5. The molecule has 0 saturated carbocycles. The minimum absolute atomic E-state index is 0.00764. The fourth-order valence-corrected chi connectivity index (χ4v) is 1.49. The largest absolute Gasteiger partial charge is 0.497 e. The Morgan fingerprint density at radius 3 is 2.82 bits per heavy atom. The van der Waals surface area contributed by atoms with Crippen molar-refractivity contribution in [3.05, 3.63) is 35.4 Å². The summed E-state index contributed by atoms with van der Waals surface area (Å²) in [6.45, 7) is 0. The van der Waals surface area contributed by atoms with Gasteiger partial charge in [-0.3, -0.25) is 4.79 Å². The van der Waals surface area contributed by atoms with Crippen LogP contribution in [0.5, 0.6) is 5.75 Å². The molecule has 88 valence electrons. The van der Waals surface area contributed by atoms with E-state index in [4.69, 9.17) is 20.1 Å². The van der Waals surface area contributed by atoms with E-state index in [1.165, 1.54) is 13.2 Å². The Hall–Kier alpha value is -2.50. The summed E-state index contributed by atoms with van der Waals surface area (Å²) in [6.07, 6.45) is 0. The third-order valence-corrected chi connectivity index (χ3v) is 2.31.